The Morgan fingerprint density at radius 1 is 1.18 bits per heavy atom. The number of amides is 2. The van der Waals surface area contributed by atoms with Gasteiger partial charge in [-0.1, -0.05) is 37.5 Å². The Hall–Kier alpha value is -3.55. The normalized spacial score (nSPS) is 15.1. The summed E-state index contributed by atoms with van der Waals surface area (Å²) in [4.78, 5) is 36.9. The van der Waals surface area contributed by atoms with Crippen LogP contribution in [0.1, 0.15) is 59.8 Å². The predicted molar refractivity (Wildman–Crippen MR) is 120 cm³/mol. The van der Waals surface area contributed by atoms with E-state index in [1.807, 2.05) is 6.07 Å². The van der Waals surface area contributed by atoms with Gasteiger partial charge in [0.2, 0.25) is 5.91 Å². The van der Waals surface area contributed by atoms with E-state index in [4.69, 9.17) is 4.42 Å². The summed E-state index contributed by atoms with van der Waals surface area (Å²) in [6, 6.07) is 8.89. The van der Waals surface area contributed by atoms with Gasteiger partial charge in [-0.25, -0.2) is 9.37 Å². The number of aromatic nitrogens is 2. The quantitative estimate of drug-likeness (QED) is 0.559. The van der Waals surface area contributed by atoms with Crippen LogP contribution in [0.15, 0.2) is 65.9 Å². The number of rotatable bonds is 8. The Labute approximate surface area is 192 Å². The number of nitrogens with zero attached hydrogens (tertiary/aromatic N) is 3. The highest BCUT2D eigenvalue weighted by Crippen LogP contribution is 2.32. The minimum Gasteiger partial charge on any atom is -0.451 e. The zero-order valence-corrected chi connectivity index (χ0v) is 18.3. The maximum atomic E-state index is 13.5. The predicted octanol–water partition coefficient (Wildman–Crippen LogP) is 4.08. The maximum Gasteiger partial charge on any atom is 0.277 e. The fraction of sp³-hybridized carbons (Fsp3) is 0.360. The molecule has 2 heterocycles. The van der Waals surface area contributed by atoms with E-state index in [0.29, 0.717) is 18.5 Å². The van der Waals surface area contributed by atoms with E-state index in [-0.39, 0.29) is 29.4 Å². The number of carbonyl (C=O) groups is 2. The topological polar surface area (TPSA) is 88.3 Å². The summed E-state index contributed by atoms with van der Waals surface area (Å²) < 4.78 is 18.5. The molecule has 0 bridgehead atoms. The Morgan fingerprint density at radius 3 is 2.73 bits per heavy atom. The third-order valence-corrected chi connectivity index (χ3v) is 5.98. The zero-order chi connectivity index (χ0) is 23.0. The average Bonchev–Trinajstić information content (AvgIpc) is 3.38. The molecular formula is C25H27FN4O3. The van der Waals surface area contributed by atoms with Crippen LogP contribution in [0.4, 0.5) is 4.39 Å². The molecular weight excluding hydrogens is 423 g/mol. The first-order valence-corrected chi connectivity index (χ1v) is 11.3. The molecule has 172 valence electrons. The second kappa shape index (κ2) is 10.8. The van der Waals surface area contributed by atoms with Crippen LogP contribution in [-0.2, 0) is 11.2 Å². The lowest BCUT2D eigenvalue weighted by molar-refractivity contribution is -0.126. The van der Waals surface area contributed by atoms with E-state index in [9.17, 15) is 14.0 Å². The molecule has 0 saturated heterocycles. The summed E-state index contributed by atoms with van der Waals surface area (Å²) in [5, 5.41) is 2.94. The van der Waals surface area contributed by atoms with Gasteiger partial charge in [-0.3, -0.25) is 14.6 Å². The fourth-order valence-electron chi connectivity index (χ4n) is 4.40. The summed E-state index contributed by atoms with van der Waals surface area (Å²) in [6.45, 7) is 0.315. The Balaban J connectivity index is 1.60. The van der Waals surface area contributed by atoms with Crippen LogP contribution in [0.3, 0.4) is 0 Å². The van der Waals surface area contributed by atoms with Crippen molar-refractivity contribution in [2.24, 2.45) is 0 Å². The fourth-order valence-corrected chi connectivity index (χ4v) is 4.40. The first-order chi connectivity index (χ1) is 16.1. The van der Waals surface area contributed by atoms with E-state index in [0.717, 1.165) is 37.7 Å². The Kier molecular flexibility index (Phi) is 7.44. The SMILES string of the molecule is O=C(NCCc1cccc(F)c1)C(c1cccnc1)N(C(=O)c1cocn1)C1CCCCC1. The highest BCUT2D eigenvalue weighted by Gasteiger charge is 2.38. The Bertz CT molecular complexity index is 1050. The summed E-state index contributed by atoms with van der Waals surface area (Å²) >= 11 is 0. The zero-order valence-electron chi connectivity index (χ0n) is 18.3. The molecule has 2 amide bonds. The molecule has 0 spiro atoms. The van der Waals surface area contributed by atoms with Crippen LogP contribution in [0, 0.1) is 5.82 Å². The van der Waals surface area contributed by atoms with Crippen molar-refractivity contribution in [1.82, 2.24) is 20.2 Å². The molecule has 1 aromatic carbocycles. The van der Waals surface area contributed by atoms with Crippen LogP contribution in [0.5, 0.6) is 0 Å². The molecule has 1 N–H and O–H groups in total. The number of pyridine rings is 1. The largest absolute Gasteiger partial charge is 0.451 e. The molecule has 0 radical (unpaired) electrons. The Morgan fingerprint density at radius 2 is 2.03 bits per heavy atom. The highest BCUT2D eigenvalue weighted by molar-refractivity contribution is 5.96. The van der Waals surface area contributed by atoms with Crippen molar-refractivity contribution in [2.75, 3.05) is 6.54 Å². The number of hydrogen-bond acceptors (Lipinski definition) is 5. The monoisotopic (exact) mass is 450 g/mol. The smallest absolute Gasteiger partial charge is 0.277 e. The van der Waals surface area contributed by atoms with E-state index in [1.54, 1.807) is 35.5 Å². The molecule has 2 aromatic heterocycles. The van der Waals surface area contributed by atoms with E-state index in [1.165, 1.54) is 24.8 Å². The molecule has 1 aliphatic carbocycles. The van der Waals surface area contributed by atoms with Gasteiger partial charge in [0, 0.05) is 30.5 Å². The van der Waals surface area contributed by atoms with Crippen molar-refractivity contribution >= 4 is 11.8 Å². The number of oxazole rings is 1. The van der Waals surface area contributed by atoms with Gasteiger partial charge in [0.05, 0.1) is 0 Å². The van der Waals surface area contributed by atoms with Crippen molar-refractivity contribution in [3.05, 3.63) is 84.1 Å². The summed E-state index contributed by atoms with van der Waals surface area (Å²) in [5.74, 6) is -0.958. The number of hydrogen-bond donors (Lipinski definition) is 1. The first-order valence-electron chi connectivity index (χ1n) is 11.3. The van der Waals surface area contributed by atoms with Crippen molar-refractivity contribution in [1.29, 1.82) is 0 Å². The van der Waals surface area contributed by atoms with Crippen LogP contribution in [0.25, 0.3) is 0 Å². The number of halogens is 1. The van der Waals surface area contributed by atoms with Gasteiger partial charge in [-0.2, -0.15) is 0 Å². The lowest BCUT2D eigenvalue weighted by Crippen LogP contribution is -2.49. The second-order valence-electron chi connectivity index (χ2n) is 8.24. The van der Waals surface area contributed by atoms with Crippen LogP contribution in [-0.4, -0.2) is 39.3 Å². The van der Waals surface area contributed by atoms with Gasteiger partial charge in [-0.15, -0.1) is 0 Å². The van der Waals surface area contributed by atoms with Gasteiger partial charge >= 0.3 is 0 Å². The summed E-state index contributed by atoms with van der Waals surface area (Å²) in [7, 11) is 0. The third-order valence-electron chi connectivity index (χ3n) is 5.98. The average molecular weight is 451 g/mol. The van der Waals surface area contributed by atoms with Gasteiger partial charge < -0.3 is 14.6 Å². The lowest BCUT2D eigenvalue weighted by atomic mass is 9.91. The number of nitrogens with one attached hydrogen (secondary N) is 1. The standard InChI is InChI=1S/C25H27FN4O3/c26-20-8-4-6-18(14-20)11-13-28-24(31)23(19-7-5-12-27-15-19)30(21-9-2-1-3-10-21)25(32)22-16-33-17-29-22/h4-8,12,14-17,21,23H,1-3,9-11,13H2,(H,28,31). The molecule has 8 heteroatoms. The number of carbonyl (C=O) groups excluding carboxylic acids is 2. The minimum atomic E-state index is -0.862. The van der Waals surface area contributed by atoms with Crippen molar-refractivity contribution in [3.8, 4) is 0 Å². The molecule has 1 aliphatic rings. The molecule has 33 heavy (non-hydrogen) atoms. The lowest BCUT2D eigenvalue weighted by Gasteiger charge is -2.39. The molecule has 0 aliphatic heterocycles. The van der Waals surface area contributed by atoms with Gasteiger partial charge in [0.25, 0.3) is 5.91 Å². The van der Waals surface area contributed by atoms with Gasteiger partial charge in [0.1, 0.15) is 18.1 Å². The molecule has 1 unspecified atom stereocenters. The first kappa shape index (κ1) is 22.6. The minimum absolute atomic E-state index is 0.0953. The third kappa shape index (κ3) is 5.63. The van der Waals surface area contributed by atoms with E-state index < -0.39 is 6.04 Å². The van der Waals surface area contributed by atoms with Crippen LogP contribution in [0.2, 0.25) is 0 Å². The van der Waals surface area contributed by atoms with Crippen LogP contribution < -0.4 is 5.32 Å². The van der Waals surface area contributed by atoms with Crippen molar-refractivity contribution in [3.63, 3.8) is 0 Å². The van der Waals surface area contributed by atoms with E-state index >= 15 is 0 Å². The molecule has 3 aromatic rings. The van der Waals surface area contributed by atoms with Gasteiger partial charge in [0.15, 0.2) is 12.1 Å². The van der Waals surface area contributed by atoms with Crippen LogP contribution >= 0.6 is 0 Å². The van der Waals surface area contributed by atoms with E-state index in [2.05, 4.69) is 15.3 Å². The molecule has 4 rings (SSSR count). The van der Waals surface area contributed by atoms with Gasteiger partial charge in [-0.05, 0) is 43.0 Å². The molecule has 1 atom stereocenters. The highest BCUT2D eigenvalue weighted by atomic mass is 19.1. The number of benzene rings is 1. The van der Waals surface area contributed by atoms with Crippen molar-refractivity contribution < 1.29 is 18.4 Å². The second-order valence-corrected chi connectivity index (χ2v) is 8.24. The van der Waals surface area contributed by atoms with Crippen molar-refractivity contribution in [2.45, 2.75) is 50.6 Å². The maximum absolute atomic E-state index is 13.5. The summed E-state index contributed by atoms with van der Waals surface area (Å²) in [5.41, 5.74) is 1.58. The molecule has 7 nitrogen and oxygen atoms in total. The molecule has 1 fully saturated rings. The summed E-state index contributed by atoms with van der Waals surface area (Å²) in [6.07, 6.45) is 11.0. The molecule has 1 saturated carbocycles.